The molecule has 2 fully saturated rings. The molecule has 34 heavy (non-hydrogen) atoms. The Balaban J connectivity index is 1.46. The SMILES string of the molecule is Cc1cccc(C(CC(=O)N[C@H]2CC[C@H](N)CC2)c2cn(CC3CCCC3)c3ccccc23)c1. The Labute approximate surface area is 203 Å². The first kappa shape index (κ1) is 23.2. The van der Waals surface area contributed by atoms with Gasteiger partial charge in [0.05, 0.1) is 0 Å². The van der Waals surface area contributed by atoms with Gasteiger partial charge in [0.1, 0.15) is 0 Å². The first-order valence-corrected chi connectivity index (χ1v) is 13.3. The number of para-hydroxylation sites is 1. The third kappa shape index (κ3) is 5.22. The lowest BCUT2D eigenvalue weighted by atomic mass is 9.86. The van der Waals surface area contributed by atoms with E-state index in [1.807, 2.05) is 0 Å². The maximum atomic E-state index is 13.3. The largest absolute Gasteiger partial charge is 0.353 e. The molecule has 1 unspecified atom stereocenters. The predicted octanol–water partition coefficient (Wildman–Crippen LogP) is 6.05. The number of aryl methyl sites for hydroxylation is 1. The molecular formula is C30H39N3O. The lowest BCUT2D eigenvalue weighted by molar-refractivity contribution is -0.122. The molecule has 2 aliphatic carbocycles. The van der Waals surface area contributed by atoms with Crippen molar-refractivity contribution >= 4 is 16.8 Å². The number of nitrogens with zero attached hydrogens (tertiary/aromatic N) is 1. The van der Waals surface area contributed by atoms with Crippen LogP contribution >= 0.6 is 0 Å². The van der Waals surface area contributed by atoms with Gasteiger partial charge in [-0.3, -0.25) is 4.79 Å². The van der Waals surface area contributed by atoms with E-state index in [4.69, 9.17) is 5.73 Å². The van der Waals surface area contributed by atoms with Crippen LogP contribution in [0.15, 0.2) is 54.7 Å². The maximum absolute atomic E-state index is 13.3. The van der Waals surface area contributed by atoms with Gasteiger partial charge >= 0.3 is 0 Å². The van der Waals surface area contributed by atoms with Crippen LogP contribution in [0.5, 0.6) is 0 Å². The summed E-state index contributed by atoms with van der Waals surface area (Å²) in [5.41, 5.74) is 11.1. The summed E-state index contributed by atoms with van der Waals surface area (Å²) in [7, 11) is 0. The number of fused-ring (bicyclic) bond motifs is 1. The zero-order valence-electron chi connectivity index (χ0n) is 20.5. The van der Waals surface area contributed by atoms with Crippen molar-refractivity contribution < 1.29 is 4.79 Å². The molecule has 0 radical (unpaired) electrons. The number of nitrogens with two attached hydrogens (primary N) is 1. The van der Waals surface area contributed by atoms with Crippen LogP contribution in [0.1, 0.15) is 80.4 Å². The predicted molar refractivity (Wildman–Crippen MR) is 140 cm³/mol. The highest BCUT2D eigenvalue weighted by molar-refractivity contribution is 5.86. The van der Waals surface area contributed by atoms with Crippen LogP contribution in [0.25, 0.3) is 10.9 Å². The standard InChI is InChI=1S/C30H39N3O/c1-21-7-6-10-23(17-21)27(18-30(34)32-25-15-13-24(31)14-16-25)28-20-33(19-22-8-2-3-9-22)29-12-5-4-11-26(28)29/h4-7,10-12,17,20,22,24-25,27H,2-3,8-9,13-16,18-19,31H2,1H3,(H,32,34)/t24-,25-,27?. The molecule has 5 rings (SSSR count). The van der Waals surface area contributed by atoms with Gasteiger partial charge in [0.2, 0.25) is 5.91 Å². The fourth-order valence-electron chi connectivity index (χ4n) is 6.20. The van der Waals surface area contributed by atoms with Crippen molar-refractivity contribution in [1.29, 1.82) is 0 Å². The quantitative estimate of drug-likeness (QED) is 0.454. The Morgan fingerprint density at radius 2 is 1.79 bits per heavy atom. The van der Waals surface area contributed by atoms with E-state index in [9.17, 15) is 4.79 Å². The summed E-state index contributed by atoms with van der Waals surface area (Å²) >= 11 is 0. The van der Waals surface area contributed by atoms with E-state index in [-0.39, 0.29) is 17.9 Å². The van der Waals surface area contributed by atoms with E-state index >= 15 is 0 Å². The summed E-state index contributed by atoms with van der Waals surface area (Å²) in [5.74, 6) is 0.960. The highest BCUT2D eigenvalue weighted by Crippen LogP contribution is 2.37. The van der Waals surface area contributed by atoms with Crippen molar-refractivity contribution in [2.75, 3.05) is 0 Å². The normalized spacial score (nSPS) is 22.2. The molecule has 0 spiro atoms. The molecule has 4 heteroatoms. The first-order valence-electron chi connectivity index (χ1n) is 13.3. The van der Waals surface area contributed by atoms with Gasteiger partial charge in [-0.25, -0.2) is 0 Å². The second-order valence-corrected chi connectivity index (χ2v) is 10.8. The summed E-state index contributed by atoms with van der Waals surface area (Å²) in [6.07, 6.45) is 12.2. The zero-order chi connectivity index (χ0) is 23.5. The van der Waals surface area contributed by atoms with E-state index in [2.05, 4.69) is 71.5 Å². The summed E-state index contributed by atoms with van der Waals surface area (Å²) in [5, 5.41) is 4.62. The number of amides is 1. The molecule has 1 atom stereocenters. The second-order valence-electron chi connectivity index (χ2n) is 10.8. The van der Waals surface area contributed by atoms with Crippen LogP contribution in [0.2, 0.25) is 0 Å². The third-order valence-corrected chi connectivity index (χ3v) is 8.10. The number of aromatic nitrogens is 1. The Hall–Kier alpha value is -2.59. The highest BCUT2D eigenvalue weighted by atomic mass is 16.1. The van der Waals surface area contributed by atoms with Gasteiger partial charge < -0.3 is 15.6 Å². The van der Waals surface area contributed by atoms with Crippen molar-refractivity contribution in [2.45, 2.75) is 89.3 Å². The fourth-order valence-corrected chi connectivity index (χ4v) is 6.20. The highest BCUT2D eigenvalue weighted by Gasteiger charge is 2.26. The van der Waals surface area contributed by atoms with Gasteiger partial charge in [0.25, 0.3) is 0 Å². The van der Waals surface area contributed by atoms with Crippen LogP contribution < -0.4 is 11.1 Å². The number of hydrogen-bond acceptors (Lipinski definition) is 2. The minimum atomic E-state index is 0.0421. The van der Waals surface area contributed by atoms with Gasteiger partial charge in [0.15, 0.2) is 0 Å². The zero-order valence-corrected chi connectivity index (χ0v) is 20.5. The average Bonchev–Trinajstić information content (AvgIpc) is 3.48. The van der Waals surface area contributed by atoms with E-state index in [1.165, 1.54) is 53.3 Å². The molecule has 1 amide bonds. The van der Waals surface area contributed by atoms with Crippen LogP contribution in [0.4, 0.5) is 0 Å². The van der Waals surface area contributed by atoms with E-state index in [1.54, 1.807) is 0 Å². The molecule has 2 aromatic carbocycles. The van der Waals surface area contributed by atoms with Crippen LogP contribution in [-0.4, -0.2) is 22.6 Å². The fraction of sp³-hybridized carbons (Fsp3) is 0.500. The minimum absolute atomic E-state index is 0.0421. The Bertz CT molecular complexity index is 1120. The van der Waals surface area contributed by atoms with Gasteiger partial charge in [0, 0.05) is 48.1 Å². The third-order valence-electron chi connectivity index (χ3n) is 8.10. The Kier molecular flexibility index (Phi) is 7.05. The topological polar surface area (TPSA) is 60.1 Å². The molecule has 3 N–H and O–H groups in total. The molecule has 180 valence electrons. The smallest absolute Gasteiger partial charge is 0.221 e. The molecular weight excluding hydrogens is 418 g/mol. The average molecular weight is 458 g/mol. The molecule has 4 nitrogen and oxygen atoms in total. The molecule has 0 saturated heterocycles. The number of benzene rings is 2. The van der Waals surface area contributed by atoms with Crippen LogP contribution in [0.3, 0.4) is 0 Å². The van der Waals surface area contributed by atoms with Crippen molar-refractivity contribution in [1.82, 2.24) is 9.88 Å². The number of nitrogens with one attached hydrogen (secondary N) is 1. The molecule has 3 aromatic rings. The van der Waals surface area contributed by atoms with Crippen molar-refractivity contribution in [3.05, 3.63) is 71.4 Å². The molecule has 2 aliphatic rings. The van der Waals surface area contributed by atoms with Crippen molar-refractivity contribution in [2.24, 2.45) is 11.7 Å². The summed E-state index contributed by atoms with van der Waals surface area (Å²) in [6.45, 7) is 3.21. The van der Waals surface area contributed by atoms with Crippen LogP contribution in [-0.2, 0) is 11.3 Å². The summed E-state index contributed by atoms with van der Waals surface area (Å²) < 4.78 is 2.46. The monoisotopic (exact) mass is 457 g/mol. The minimum Gasteiger partial charge on any atom is -0.353 e. The second kappa shape index (κ2) is 10.4. The van der Waals surface area contributed by atoms with Gasteiger partial charge in [-0.2, -0.15) is 0 Å². The van der Waals surface area contributed by atoms with Crippen molar-refractivity contribution in [3.63, 3.8) is 0 Å². The molecule has 0 aliphatic heterocycles. The summed E-state index contributed by atoms with van der Waals surface area (Å²) in [4.78, 5) is 13.3. The van der Waals surface area contributed by atoms with Gasteiger partial charge in [-0.1, -0.05) is 60.9 Å². The first-order chi connectivity index (χ1) is 16.6. The number of rotatable bonds is 7. The Morgan fingerprint density at radius 1 is 1.03 bits per heavy atom. The van der Waals surface area contributed by atoms with E-state index in [0.29, 0.717) is 12.5 Å². The molecule has 2 saturated carbocycles. The Morgan fingerprint density at radius 3 is 2.56 bits per heavy atom. The van der Waals surface area contributed by atoms with Crippen LogP contribution in [0, 0.1) is 12.8 Å². The van der Waals surface area contributed by atoms with Gasteiger partial charge in [-0.05, 0) is 68.6 Å². The molecule has 1 heterocycles. The maximum Gasteiger partial charge on any atom is 0.221 e. The number of carbonyl (C=O) groups excluding carboxylic acids is 1. The van der Waals surface area contributed by atoms with E-state index < -0.39 is 0 Å². The molecule has 1 aromatic heterocycles. The lowest BCUT2D eigenvalue weighted by Crippen LogP contribution is -2.40. The molecule has 0 bridgehead atoms. The van der Waals surface area contributed by atoms with Gasteiger partial charge in [-0.15, -0.1) is 0 Å². The number of carbonyl (C=O) groups is 1. The van der Waals surface area contributed by atoms with Crippen molar-refractivity contribution in [3.8, 4) is 0 Å². The lowest BCUT2D eigenvalue weighted by Gasteiger charge is -2.27. The summed E-state index contributed by atoms with van der Waals surface area (Å²) in [6, 6.07) is 18.0. The number of hydrogen-bond donors (Lipinski definition) is 2. The van der Waals surface area contributed by atoms with E-state index in [0.717, 1.165) is 38.1 Å².